The number of aliphatic hydroxyl groups is 1. The lowest BCUT2D eigenvalue weighted by molar-refractivity contribution is 0.129. The molecule has 0 aliphatic carbocycles. The van der Waals surface area contributed by atoms with Gasteiger partial charge in [-0.3, -0.25) is 0 Å². The van der Waals surface area contributed by atoms with Gasteiger partial charge in [-0.2, -0.15) is 0 Å². The summed E-state index contributed by atoms with van der Waals surface area (Å²) in [4.78, 5) is 17.4. The van der Waals surface area contributed by atoms with Crippen molar-refractivity contribution in [3.05, 3.63) is 35.5 Å². The highest BCUT2D eigenvalue weighted by Crippen LogP contribution is 2.22. The van der Waals surface area contributed by atoms with Crippen molar-refractivity contribution < 1.29 is 9.90 Å². The molecule has 124 valence electrons. The molecule has 1 fully saturated rings. The van der Waals surface area contributed by atoms with E-state index in [1.54, 1.807) is 0 Å². The number of H-pyrrole nitrogens is 1. The van der Waals surface area contributed by atoms with Gasteiger partial charge in [-0.1, -0.05) is 12.1 Å². The van der Waals surface area contributed by atoms with Crippen LogP contribution < -0.4 is 5.32 Å². The number of aliphatic hydroxyl groups excluding tert-OH is 1. The highest BCUT2D eigenvalue weighted by molar-refractivity contribution is 5.86. The zero-order chi connectivity index (χ0) is 16.2. The van der Waals surface area contributed by atoms with Crippen molar-refractivity contribution in [3.63, 3.8) is 0 Å². The first kappa shape index (κ1) is 15.9. The van der Waals surface area contributed by atoms with Crippen LogP contribution in [0.3, 0.4) is 0 Å². The molecule has 1 aromatic carbocycles. The Balaban J connectivity index is 1.55. The molecule has 5 heteroatoms. The molecule has 0 saturated carbocycles. The minimum atomic E-state index is -0.0142. The Bertz CT molecular complexity index is 680. The van der Waals surface area contributed by atoms with Gasteiger partial charge in [-0.15, -0.1) is 0 Å². The Labute approximate surface area is 136 Å². The van der Waals surface area contributed by atoms with Crippen LogP contribution in [0.4, 0.5) is 4.79 Å². The molecule has 3 rings (SSSR count). The smallest absolute Gasteiger partial charge is 0.317 e. The van der Waals surface area contributed by atoms with Gasteiger partial charge in [-0.05, 0) is 49.3 Å². The molecule has 0 spiro atoms. The number of rotatable bonds is 4. The number of hydrogen-bond donors (Lipinski definition) is 3. The van der Waals surface area contributed by atoms with Gasteiger partial charge in [0.15, 0.2) is 0 Å². The van der Waals surface area contributed by atoms with Crippen LogP contribution in [-0.4, -0.2) is 47.3 Å². The summed E-state index contributed by atoms with van der Waals surface area (Å²) in [5.74, 6) is 0.228. The molecule has 0 radical (unpaired) electrons. The fourth-order valence-corrected chi connectivity index (χ4v) is 3.46. The second kappa shape index (κ2) is 7.04. The van der Waals surface area contributed by atoms with Crippen molar-refractivity contribution in [3.8, 4) is 0 Å². The van der Waals surface area contributed by atoms with Crippen molar-refractivity contribution in [1.82, 2.24) is 15.2 Å². The highest BCUT2D eigenvalue weighted by atomic mass is 16.3. The van der Waals surface area contributed by atoms with E-state index in [0.29, 0.717) is 13.1 Å². The number of aromatic amines is 1. The standard InChI is InChI=1S/C18H25N3O2/c1-13-4-2-6-16-17(13)15(10-20-16)7-8-19-18(23)21-9-3-5-14(11-21)12-22/h2,4,6,10,14,20,22H,3,5,7-9,11-12H2,1H3,(H,19,23). The molecule has 3 N–H and O–H groups in total. The first-order valence-electron chi connectivity index (χ1n) is 8.38. The summed E-state index contributed by atoms with van der Waals surface area (Å²) in [5, 5.41) is 13.5. The number of hydrogen-bond acceptors (Lipinski definition) is 2. The number of nitrogens with one attached hydrogen (secondary N) is 2. The molecule has 2 heterocycles. The fraction of sp³-hybridized carbons (Fsp3) is 0.500. The molecule has 1 unspecified atom stereocenters. The predicted molar refractivity (Wildman–Crippen MR) is 91.5 cm³/mol. The Morgan fingerprint density at radius 3 is 3.17 bits per heavy atom. The minimum Gasteiger partial charge on any atom is -0.396 e. The Morgan fingerprint density at radius 2 is 2.35 bits per heavy atom. The van der Waals surface area contributed by atoms with E-state index < -0.39 is 0 Å². The van der Waals surface area contributed by atoms with Crippen LogP contribution in [0.25, 0.3) is 10.9 Å². The second-order valence-electron chi connectivity index (χ2n) is 6.43. The normalized spacial score (nSPS) is 18.3. The summed E-state index contributed by atoms with van der Waals surface area (Å²) < 4.78 is 0. The average molecular weight is 315 g/mol. The quantitative estimate of drug-likeness (QED) is 0.811. The van der Waals surface area contributed by atoms with Gasteiger partial charge in [0.25, 0.3) is 0 Å². The number of fused-ring (bicyclic) bond motifs is 1. The Hall–Kier alpha value is -2.01. The van der Waals surface area contributed by atoms with Crippen LogP contribution in [0.1, 0.15) is 24.0 Å². The number of carbonyl (C=O) groups excluding carboxylic acids is 1. The van der Waals surface area contributed by atoms with Crippen molar-refractivity contribution in [2.75, 3.05) is 26.2 Å². The number of piperidine rings is 1. The molecule has 5 nitrogen and oxygen atoms in total. The number of aromatic nitrogens is 1. The minimum absolute atomic E-state index is 0.0142. The molecule has 1 aliphatic heterocycles. The van der Waals surface area contributed by atoms with Gasteiger partial charge in [-0.25, -0.2) is 4.79 Å². The number of carbonyl (C=O) groups is 1. The van der Waals surface area contributed by atoms with E-state index in [1.165, 1.54) is 16.5 Å². The third kappa shape index (κ3) is 3.50. The lowest BCUT2D eigenvalue weighted by Gasteiger charge is -2.31. The maximum atomic E-state index is 12.2. The number of benzene rings is 1. The maximum Gasteiger partial charge on any atom is 0.317 e. The number of likely N-dealkylation sites (tertiary alicyclic amines) is 1. The van der Waals surface area contributed by atoms with E-state index in [4.69, 9.17) is 0 Å². The third-order valence-corrected chi connectivity index (χ3v) is 4.73. The van der Waals surface area contributed by atoms with Crippen LogP contribution in [-0.2, 0) is 6.42 Å². The summed E-state index contributed by atoms with van der Waals surface area (Å²) in [6.07, 6.45) is 4.83. The third-order valence-electron chi connectivity index (χ3n) is 4.73. The Morgan fingerprint density at radius 1 is 1.48 bits per heavy atom. The van der Waals surface area contributed by atoms with Crippen molar-refractivity contribution >= 4 is 16.9 Å². The topological polar surface area (TPSA) is 68.4 Å². The van der Waals surface area contributed by atoms with Crippen LogP contribution in [0.15, 0.2) is 24.4 Å². The average Bonchev–Trinajstić information content (AvgIpc) is 2.99. The number of nitrogens with zero attached hydrogens (tertiary/aromatic N) is 1. The van der Waals surface area contributed by atoms with E-state index in [-0.39, 0.29) is 18.6 Å². The first-order valence-corrected chi connectivity index (χ1v) is 8.38. The van der Waals surface area contributed by atoms with Crippen molar-refractivity contribution in [2.45, 2.75) is 26.2 Å². The second-order valence-corrected chi connectivity index (χ2v) is 6.43. The molecule has 1 saturated heterocycles. The number of urea groups is 1. The van der Waals surface area contributed by atoms with Crippen molar-refractivity contribution in [2.24, 2.45) is 5.92 Å². The molecular formula is C18H25N3O2. The molecule has 2 aromatic rings. The SMILES string of the molecule is Cc1cccc2[nH]cc(CCNC(=O)N3CCCC(CO)C3)c12. The zero-order valence-electron chi connectivity index (χ0n) is 13.6. The first-order chi connectivity index (χ1) is 11.2. The fourth-order valence-electron chi connectivity index (χ4n) is 3.46. The van der Waals surface area contributed by atoms with Crippen LogP contribution >= 0.6 is 0 Å². The van der Waals surface area contributed by atoms with E-state index in [2.05, 4.69) is 29.4 Å². The monoisotopic (exact) mass is 315 g/mol. The van der Waals surface area contributed by atoms with Gasteiger partial charge in [0, 0.05) is 43.3 Å². The number of amides is 2. The molecule has 1 atom stereocenters. The summed E-state index contributed by atoms with van der Waals surface area (Å²) in [5.41, 5.74) is 3.64. The van der Waals surface area contributed by atoms with Gasteiger partial charge in [0.2, 0.25) is 0 Å². The predicted octanol–water partition coefficient (Wildman–Crippen LogP) is 2.43. The van der Waals surface area contributed by atoms with E-state index in [9.17, 15) is 9.90 Å². The number of aryl methyl sites for hydroxylation is 1. The molecule has 1 aliphatic rings. The van der Waals surface area contributed by atoms with E-state index in [1.807, 2.05) is 17.2 Å². The molecule has 1 aromatic heterocycles. The maximum absolute atomic E-state index is 12.2. The Kier molecular flexibility index (Phi) is 4.86. The molecule has 23 heavy (non-hydrogen) atoms. The molecule has 2 amide bonds. The van der Waals surface area contributed by atoms with Gasteiger partial charge >= 0.3 is 6.03 Å². The molecular weight excluding hydrogens is 290 g/mol. The highest BCUT2D eigenvalue weighted by Gasteiger charge is 2.22. The zero-order valence-corrected chi connectivity index (χ0v) is 13.6. The van der Waals surface area contributed by atoms with Gasteiger partial charge in [0.1, 0.15) is 0 Å². The largest absolute Gasteiger partial charge is 0.396 e. The summed E-state index contributed by atoms with van der Waals surface area (Å²) in [6.45, 7) is 4.35. The molecule has 0 bridgehead atoms. The van der Waals surface area contributed by atoms with Gasteiger partial charge < -0.3 is 20.3 Å². The lowest BCUT2D eigenvalue weighted by Crippen LogP contribution is -2.46. The van der Waals surface area contributed by atoms with Crippen LogP contribution in [0.2, 0.25) is 0 Å². The van der Waals surface area contributed by atoms with Crippen LogP contribution in [0.5, 0.6) is 0 Å². The van der Waals surface area contributed by atoms with Gasteiger partial charge in [0.05, 0.1) is 0 Å². The summed E-state index contributed by atoms with van der Waals surface area (Å²) >= 11 is 0. The van der Waals surface area contributed by atoms with Crippen molar-refractivity contribution in [1.29, 1.82) is 0 Å². The van der Waals surface area contributed by atoms with E-state index >= 15 is 0 Å². The summed E-state index contributed by atoms with van der Waals surface area (Å²) in [6, 6.07) is 6.22. The summed E-state index contributed by atoms with van der Waals surface area (Å²) in [7, 11) is 0. The van der Waals surface area contributed by atoms with E-state index in [0.717, 1.165) is 31.3 Å². The van der Waals surface area contributed by atoms with Crippen LogP contribution in [0, 0.1) is 12.8 Å². The lowest BCUT2D eigenvalue weighted by atomic mass is 9.99.